The Labute approximate surface area is 166 Å². The Bertz CT molecular complexity index is 652. The molecule has 0 aliphatic heterocycles. The van der Waals surface area contributed by atoms with Crippen LogP contribution in [0.15, 0.2) is 41.5 Å². The molecule has 138 valence electrons. The van der Waals surface area contributed by atoms with Crippen molar-refractivity contribution in [2.75, 3.05) is 19.6 Å². The molecule has 0 radical (unpaired) electrons. The second-order valence-electron chi connectivity index (χ2n) is 6.02. The van der Waals surface area contributed by atoms with E-state index >= 15 is 0 Å². The smallest absolute Gasteiger partial charge is 0.191 e. The monoisotopic (exact) mass is 459 g/mol. The predicted molar refractivity (Wildman–Crippen MR) is 111 cm³/mol. The first-order valence-electron chi connectivity index (χ1n) is 8.41. The van der Waals surface area contributed by atoms with Gasteiger partial charge in [0.15, 0.2) is 5.96 Å². The van der Waals surface area contributed by atoms with Gasteiger partial charge >= 0.3 is 0 Å². The molecule has 0 atom stereocenters. The van der Waals surface area contributed by atoms with Gasteiger partial charge in [-0.3, -0.25) is 4.99 Å². The molecule has 0 amide bonds. The maximum absolute atomic E-state index is 13.0. The molecular weight excluding hydrogens is 432 g/mol. The number of guanidine groups is 1. The van der Waals surface area contributed by atoms with Crippen LogP contribution in [0.1, 0.15) is 26.5 Å². The van der Waals surface area contributed by atoms with Crippen molar-refractivity contribution in [2.45, 2.75) is 27.2 Å². The summed E-state index contributed by atoms with van der Waals surface area (Å²) >= 11 is 0. The first-order valence-corrected chi connectivity index (χ1v) is 8.41. The standard InChI is InChI=1S/C18H26FN5.HI/c1-4-20-18(22-13-14(2)3)21-11-9-16-10-12-24(23-16)17-7-5-15(19)6-8-17;/h5-8,10,12,14H,4,9,11,13H2,1-3H3,(H2,20,21,22);1H. The molecule has 1 heterocycles. The van der Waals surface area contributed by atoms with E-state index < -0.39 is 0 Å². The lowest BCUT2D eigenvalue weighted by Crippen LogP contribution is -2.38. The van der Waals surface area contributed by atoms with Gasteiger partial charge in [-0.05, 0) is 43.2 Å². The minimum absolute atomic E-state index is 0. The molecule has 2 aromatic rings. The summed E-state index contributed by atoms with van der Waals surface area (Å²) in [4.78, 5) is 4.54. The fourth-order valence-electron chi connectivity index (χ4n) is 2.16. The highest BCUT2D eigenvalue weighted by atomic mass is 127. The lowest BCUT2D eigenvalue weighted by molar-refractivity contribution is 0.627. The summed E-state index contributed by atoms with van der Waals surface area (Å²) in [5.41, 5.74) is 1.83. The Morgan fingerprint density at radius 2 is 1.92 bits per heavy atom. The van der Waals surface area contributed by atoms with Crippen LogP contribution in [-0.4, -0.2) is 35.4 Å². The minimum atomic E-state index is -0.244. The number of aliphatic imine (C=N–C) groups is 1. The lowest BCUT2D eigenvalue weighted by atomic mass is 10.2. The topological polar surface area (TPSA) is 54.2 Å². The SMILES string of the molecule is CCNC(=NCC(C)C)NCCc1ccn(-c2ccc(F)cc2)n1.I. The zero-order chi connectivity index (χ0) is 17.4. The highest BCUT2D eigenvalue weighted by Crippen LogP contribution is 2.09. The summed E-state index contributed by atoms with van der Waals surface area (Å²) in [7, 11) is 0. The molecule has 0 spiro atoms. The Morgan fingerprint density at radius 3 is 2.56 bits per heavy atom. The number of rotatable bonds is 7. The van der Waals surface area contributed by atoms with Crippen molar-refractivity contribution in [2.24, 2.45) is 10.9 Å². The van der Waals surface area contributed by atoms with Crippen molar-refractivity contribution in [1.29, 1.82) is 0 Å². The zero-order valence-corrected chi connectivity index (χ0v) is 17.3. The summed E-state index contributed by atoms with van der Waals surface area (Å²) in [6.45, 7) is 8.74. The Morgan fingerprint density at radius 1 is 1.20 bits per heavy atom. The molecule has 7 heteroatoms. The minimum Gasteiger partial charge on any atom is -0.357 e. The van der Waals surface area contributed by atoms with Gasteiger partial charge in [-0.15, -0.1) is 24.0 Å². The van der Waals surface area contributed by atoms with Crippen LogP contribution in [0.3, 0.4) is 0 Å². The van der Waals surface area contributed by atoms with Crippen LogP contribution in [0, 0.1) is 11.7 Å². The summed E-state index contributed by atoms with van der Waals surface area (Å²) in [5, 5.41) is 11.1. The maximum atomic E-state index is 13.0. The van der Waals surface area contributed by atoms with Crippen molar-refractivity contribution < 1.29 is 4.39 Å². The van der Waals surface area contributed by atoms with E-state index in [2.05, 4.69) is 41.5 Å². The third-order valence-electron chi connectivity index (χ3n) is 3.37. The molecule has 0 aliphatic carbocycles. The molecule has 2 rings (SSSR count). The van der Waals surface area contributed by atoms with E-state index in [0.29, 0.717) is 5.92 Å². The maximum Gasteiger partial charge on any atom is 0.191 e. The van der Waals surface area contributed by atoms with Gasteiger partial charge in [0.1, 0.15) is 5.82 Å². The van der Waals surface area contributed by atoms with Crippen molar-refractivity contribution in [3.05, 3.63) is 48.0 Å². The van der Waals surface area contributed by atoms with E-state index in [1.54, 1.807) is 16.8 Å². The fourth-order valence-corrected chi connectivity index (χ4v) is 2.16. The number of nitrogens with zero attached hydrogens (tertiary/aromatic N) is 3. The molecule has 5 nitrogen and oxygen atoms in total. The number of hydrogen-bond donors (Lipinski definition) is 2. The number of benzene rings is 1. The highest BCUT2D eigenvalue weighted by Gasteiger charge is 2.03. The van der Waals surface area contributed by atoms with Crippen LogP contribution in [0.2, 0.25) is 0 Å². The molecule has 0 saturated carbocycles. The average molecular weight is 459 g/mol. The van der Waals surface area contributed by atoms with Gasteiger partial charge in [-0.2, -0.15) is 5.10 Å². The predicted octanol–water partition coefficient (Wildman–Crippen LogP) is 3.38. The van der Waals surface area contributed by atoms with Gasteiger partial charge in [-0.1, -0.05) is 13.8 Å². The molecule has 2 N–H and O–H groups in total. The molecule has 0 unspecified atom stereocenters. The number of nitrogens with one attached hydrogen (secondary N) is 2. The largest absolute Gasteiger partial charge is 0.357 e. The number of halogens is 2. The van der Waals surface area contributed by atoms with Crippen LogP contribution in [0.5, 0.6) is 0 Å². The summed E-state index contributed by atoms with van der Waals surface area (Å²) in [5.74, 6) is 1.13. The van der Waals surface area contributed by atoms with Gasteiger partial charge in [0.2, 0.25) is 0 Å². The molecule has 0 saturated heterocycles. The van der Waals surface area contributed by atoms with Crippen LogP contribution in [0.25, 0.3) is 5.69 Å². The fraction of sp³-hybridized carbons (Fsp3) is 0.444. The lowest BCUT2D eigenvalue weighted by Gasteiger charge is -2.11. The van der Waals surface area contributed by atoms with Crippen molar-refractivity contribution >= 4 is 29.9 Å². The van der Waals surface area contributed by atoms with Gasteiger partial charge in [0, 0.05) is 32.3 Å². The molecular formula is C18H27FIN5. The van der Waals surface area contributed by atoms with E-state index in [-0.39, 0.29) is 29.8 Å². The second kappa shape index (κ2) is 11.1. The van der Waals surface area contributed by atoms with Crippen molar-refractivity contribution in [3.63, 3.8) is 0 Å². The van der Waals surface area contributed by atoms with E-state index in [9.17, 15) is 4.39 Å². The number of hydrogen-bond acceptors (Lipinski definition) is 2. The Kier molecular flexibility index (Phi) is 9.48. The third-order valence-corrected chi connectivity index (χ3v) is 3.37. The van der Waals surface area contributed by atoms with Gasteiger partial charge in [-0.25, -0.2) is 9.07 Å². The van der Waals surface area contributed by atoms with E-state index in [1.807, 2.05) is 12.3 Å². The summed E-state index contributed by atoms with van der Waals surface area (Å²) in [6.07, 6.45) is 2.68. The highest BCUT2D eigenvalue weighted by molar-refractivity contribution is 14.0. The van der Waals surface area contributed by atoms with E-state index in [4.69, 9.17) is 0 Å². The molecule has 25 heavy (non-hydrogen) atoms. The van der Waals surface area contributed by atoms with Gasteiger partial charge in [0.05, 0.1) is 11.4 Å². The van der Waals surface area contributed by atoms with Gasteiger partial charge in [0.25, 0.3) is 0 Å². The molecule has 0 fully saturated rings. The van der Waals surface area contributed by atoms with E-state index in [0.717, 1.165) is 43.4 Å². The van der Waals surface area contributed by atoms with Crippen molar-refractivity contribution in [3.8, 4) is 5.69 Å². The second-order valence-corrected chi connectivity index (χ2v) is 6.02. The van der Waals surface area contributed by atoms with Crippen molar-refractivity contribution in [1.82, 2.24) is 20.4 Å². The third kappa shape index (κ3) is 7.41. The normalized spacial score (nSPS) is 11.3. The first-order chi connectivity index (χ1) is 11.6. The zero-order valence-electron chi connectivity index (χ0n) is 15.0. The Balaban J connectivity index is 0.00000312. The van der Waals surface area contributed by atoms with Crippen LogP contribution < -0.4 is 10.6 Å². The average Bonchev–Trinajstić information content (AvgIpc) is 3.02. The number of aromatic nitrogens is 2. The quantitative estimate of drug-likeness (QED) is 0.379. The van der Waals surface area contributed by atoms with Crippen LogP contribution in [0.4, 0.5) is 4.39 Å². The summed E-state index contributed by atoms with van der Waals surface area (Å²) in [6, 6.07) is 8.28. The first kappa shape index (κ1) is 21.4. The van der Waals surface area contributed by atoms with Gasteiger partial charge < -0.3 is 10.6 Å². The molecule has 1 aromatic heterocycles. The molecule has 0 aliphatic rings. The van der Waals surface area contributed by atoms with E-state index in [1.165, 1.54) is 12.1 Å². The van der Waals surface area contributed by atoms with Crippen LogP contribution in [-0.2, 0) is 6.42 Å². The van der Waals surface area contributed by atoms with Crippen LogP contribution >= 0.6 is 24.0 Å². The Hall–Kier alpha value is -1.64. The molecule has 1 aromatic carbocycles. The molecule has 0 bridgehead atoms. The summed E-state index contributed by atoms with van der Waals surface area (Å²) < 4.78 is 14.7.